The zero-order valence-corrected chi connectivity index (χ0v) is 15.6. The number of ether oxygens (including phenoxy) is 3. The van der Waals surface area contributed by atoms with Crippen LogP contribution in [-0.2, 0) is 33.3 Å². The fourth-order valence-electron chi connectivity index (χ4n) is 2.98. The first-order chi connectivity index (χ1) is 13.5. The number of hydrogen-bond donors (Lipinski definition) is 1. The van der Waals surface area contributed by atoms with Crippen molar-refractivity contribution >= 4 is 22.0 Å². The van der Waals surface area contributed by atoms with Crippen LogP contribution in [0.15, 0.2) is 30.3 Å². The average Bonchev–Trinajstić information content (AvgIpc) is 3.07. The van der Waals surface area contributed by atoms with Crippen molar-refractivity contribution in [3.63, 3.8) is 0 Å². The Morgan fingerprint density at radius 1 is 1.17 bits per heavy atom. The highest BCUT2D eigenvalue weighted by atomic mass is 32.2. The molecule has 2 heterocycles. The molecule has 2 aliphatic rings. The number of alkyl halides is 3. The summed E-state index contributed by atoms with van der Waals surface area (Å²) in [5, 5.41) is 2.35. The van der Waals surface area contributed by atoms with E-state index in [-0.39, 0.29) is 12.2 Å². The van der Waals surface area contributed by atoms with Gasteiger partial charge in [0.25, 0.3) is 0 Å². The molecule has 13 heteroatoms. The Morgan fingerprint density at radius 2 is 1.83 bits per heavy atom. The van der Waals surface area contributed by atoms with Crippen LogP contribution in [0.5, 0.6) is 0 Å². The summed E-state index contributed by atoms with van der Waals surface area (Å²) in [5.41, 5.74) is -5.65. The maximum Gasteiger partial charge on any atom is 0.523 e. The summed E-state index contributed by atoms with van der Waals surface area (Å²) in [6.07, 6.45) is -5.96. The summed E-state index contributed by atoms with van der Waals surface area (Å²) in [6, 6.07) is 6.17. The van der Waals surface area contributed by atoms with Gasteiger partial charge in [0.15, 0.2) is 12.4 Å². The fourth-order valence-corrected chi connectivity index (χ4v) is 3.62. The molecule has 1 aromatic carbocycles. The predicted octanol–water partition coefficient (Wildman–Crippen LogP) is 0.707. The van der Waals surface area contributed by atoms with Crippen LogP contribution in [0.2, 0.25) is 0 Å². The molecule has 1 amide bonds. The SMILES string of the molecule is CC(=O)N[C@H]1[C@H]2OC[C@@H](O2)[C@H](OS(=O)(=O)C(F)(F)F)[C@@H]1OC(=O)c1ccccc1. The number of halogens is 3. The van der Waals surface area contributed by atoms with Crippen LogP contribution in [0, 0.1) is 0 Å². The lowest BCUT2D eigenvalue weighted by Gasteiger charge is -2.39. The Kier molecular flexibility index (Phi) is 5.85. The molecule has 29 heavy (non-hydrogen) atoms. The second-order valence-corrected chi connectivity index (χ2v) is 7.86. The normalized spacial score (nSPS) is 29.3. The van der Waals surface area contributed by atoms with Crippen LogP contribution in [0.3, 0.4) is 0 Å². The van der Waals surface area contributed by atoms with Crippen LogP contribution in [0.4, 0.5) is 13.2 Å². The molecule has 1 aromatic rings. The molecule has 2 fully saturated rings. The molecule has 0 aliphatic carbocycles. The number of fused-ring (bicyclic) bond motifs is 2. The van der Waals surface area contributed by atoms with Crippen molar-refractivity contribution in [2.45, 2.75) is 43.1 Å². The van der Waals surface area contributed by atoms with Crippen molar-refractivity contribution in [2.24, 2.45) is 0 Å². The average molecular weight is 439 g/mol. The predicted molar refractivity (Wildman–Crippen MR) is 87.7 cm³/mol. The van der Waals surface area contributed by atoms with E-state index in [0.29, 0.717) is 0 Å². The van der Waals surface area contributed by atoms with Gasteiger partial charge in [-0.2, -0.15) is 21.6 Å². The summed E-state index contributed by atoms with van der Waals surface area (Å²) in [7, 11) is -6.05. The quantitative estimate of drug-likeness (QED) is 0.405. The number of nitrogens with one attached hydrogen (secondary N) is 1. The van der Waals surface area contributed by atoms with Crippen molar-refractivity contribution in [1.82, 2.24) is 5.32 Å². The number of carbonyl (C=O) groups excluding carboxylic acids is 2. The Morgan fingerprint density at radius 3 is 2.41 bits per heavy atom. The van der Waals surface area contributed by atoms with Crippen LogP contribution in [-0.4, -0.2) is 63.1 Å². The lowest BCUT2D eigenvalue weighted by Crippen LogP contribution is -2.63. The molecule has 9 nitrogen and oxygen atoms in total. The molecular weight excluding hydrogens is 423 g/mol. The molecule has 2 bridgehead atoms. The topological polar surface area (TPSA) is 117 Å². The number of benzene rings is 1. The van der Waals surface area contributed by atoms with Crippen molar-refractivity contribution < 1.29 is 49.6 Å². The number of hydrogen-bond acceptors (Lipinski definition) is 8. The van der Waals surface area contributed by atoms with Gasteiger partial charge in [-0.1, -0.05) is 18.2 Å². The first-order valence-corrected chi connectivity index (χ1v) is 9.70. The van der Waals surface area contributed by atoms with E-state index in [9.17, 15) is 31.2 Å². The second kappa shape index (κ2) is 7.89. The van der Waals surface area contributed by atoms with Gasteiger partial charge in [0.2, 0.25) is 5.91 Å². The summed E-state index contributed by atoms with van der Waals surface area (Å²) >= 11 is 0. The van der Waals surface area contributed by atoms with E-state index in [1.165, 1.54) is 24.3 Å². The third-order valence-corrected chi connectivity index (χ3v) is 5.26. The molecule has 0 unspecified atom stereocenters. The van der Waals surface area contributed by atoms with Crippen molar-refractivity contribution in [3.8, 4) is 0 Å². The maximum atomic E-state index is 12.8. The Labute approximate surface area is 163 Å². The minimum atomic E-state index is -6.05. The molecule has 0 aromatic heterocycles. The van der Waals surface area contributed by atoms with E-state index in [0.717, 1.165) is 6.92 Å². The fraction of sp³-hybridized carbons (Fsp3) is 0.500. The lowest BCUT2D eigenvalue weighted by molar-refractivity contribution is -0.183. The van der Waals surface area contributed by atoms with E-state index in [2.05, 4.69) is 9.50 Å². The van der Waals surface area contributed by atoms with Crippen molar-refractivity contribution in [1.29, 1.82) is 0 Å². The molecule has 2 aliphatic heterocycles. The third kappa shape index (κ3) is 4.52. The molecule has 160 valence electrons. The van der Waals surface area contributed by atoms with Gasteiger partial charge >= 0.3 is 21.6 Å². The second-order valence-electron chi connectivity index (χ2n) is 6.30. The van der Waals surface area contributed by atoms with Crippen molar-refractivity contribution in [2.75, 3.05) is 6.61 Å². The standard InChI is InChI=1S/C16H16F3NO8S/c1-8(21)20-11-13(27-14(22)9-5-3-2-4-6-9)12(10-7-25-15(11)26-10)28-29(23,24)16(17,18)19/h2-6,10-13,15H,7H2,1H3,(H,20,21)/t10-,11-,12+,13-,15+/m1/s1. The minimum absolute atomic E-state index is 0.0614. The van der Waals surface area contributed by atoms with Gasteiger partial charge in [0.05, 0.1) is 12.2 Å². The first-order valence-electron chi connectivity index (χ1n) is 8.29. The number of carbonyl (C=O) groups is 2. The molecule has 0 saturated carbocycles. The first kappa shape index (κ1) is 21.5. The highest BCUT2D eigenvalue weighted by Crippen LogP contribution is 2.36. The summed E-state index contributed by atoms with van der Waals surface area (Å²) in [4.78, 5) is 24.0. The van der Waals surface area contributed by atoms with Crippen LogP contribution >= 0.6 is 0 Å². The van der Waals surface area contributed by atoms with Crippen LogP contribution < -0.4 is 5.32 Å². The van der Waals surface area contributed by atoms with Crippen LogP contribution in [0.1, 0.15) is 17.3 Å². The Balaban J connectivity index is 1.94. The number of esters is 1. The summed E-state index contributed by atoms with van der Waals surface area (Å²) < 4.78 is 81.8. The molecule has 0 spiro atoms. The zero-order chi connectivity index (χ0) is 21.4. The van der Waals surface area contributed by atoms with E-state index in [1.807, 2.05) is 0 Å². The molecule has 0 radical (unpaired) electrons. The van der Waals surface area contributed by atoms with Gasteiger partial charge in [0.1, 0.15) is 18.2 Å². The van der Waals surface area contributed by atoms with Gasteiger partial charge < -0.3 is 19.5 Å². The molecular formula is C16H16F3NO8S. The van der Waals surface area contributed by atoms with Gasteiger partial charge in [-0.15, -0.1) is 0 Å². The van der Waals surface area contributed by atoms with Crippen molar-refractivity contribution in [3.05, 3.63) is 35.9 Å². The number of rotatable bonds is 5. The van der Waals surface area contributed by atoms with Gasteiger partial charge in [0, 0.05) is 6.92 Å². The molecule has 2 saturated heterocycles. The lowest BCUT2D eigenvalue weighted by atomic mass is 9.98. The largest absolute Gasteiger partial charge is 0.523 e. The smallest absolute Gasteiger partial charge is 0.453 e. The van der Waals surface area contributed by atoms with E-state index in [4.69, 9.17) is 14.2 Å². The highest BCUT2D eigenvalue weighted by molar-refractivity contribution is 7.87. The Hall–Kier alpha value is -2.22. The highest BCUT2D eigenvalue weighted by Gasteiger charge is 2.58. The summed E-state index contributed by atoms with van der Waals surface area (Å²) in [5.74, 6) is -1.59. The van der Waals surface area contributed by atoms with E-state index < -0.39 is 58.1 Å². The van der Waals surface area contributed by atoms with Crippen LogP contribution in [0.25, 0.3) is 0 Å². The van der Waals surface area contributed by atoms with E-state index >= 15 is 0 Å². The molecule has 3 rings (SSSR count). The Bertz CT molecular complexity index is 876. The summed E-state index contributed by atoms with van der Waals surface area (Å²) in [6.45, 7) is 0.789. The molecule has 1 N–H and O–H groups in total. The third-order valence-electron chi connectivity index (χ3n) is 4.21. The molecule has 5 atom stereocenters. The van der Waals surface area contributed by atoms with Gasteiger partial charge in [-0.3, -0.25) is 8.98 Å². The van der Waals surface area contributed by atoms with Gasteiger partial charge in [-0.05, 0) is 12.1 Å². The minimum Gasteiger partial charge on any atom is -0.453 e. The monoisotopic (exact) mass is 439 g/mol. The zero-order valence-electron chi connectivity index (χ0n) is 14.8. The van der Waals surface area contributed by atoms with Gasteiger partial charge in [-0.25, -0.2) is 4.79 Å². The van der Waals surface area contributed by atoms with E-state index in [1.54, 1.807) is 6.07 Å². The number of amides is 1. The maximum absolute atomic E-state index is 12.8.